The van der Waals surface area contributed by atoms with Gasteiger partial charge in [-0.15, -0.1) is 0 Å². The molecular weight excluding hydrogens is 275 g/mol. The van der Waals surface area contributed by atoms with E-state index in [0.29, 0.717) is 0 Å². The van der Waals surface area contributed by atoms with Gasteiger partial charge in [0.1, 0.15) is 0 Å². The number of primary amides is 1. The molecule has 2 N–H and O–H groups in total. The molecule has 2 rings (SSSR count). The van der Waals surface area contributed by atoms with Crippen LogP contribution in [-0.2, 0) is 20.5 Å². The molecular formula is C13H12F3NO3. The molecule has 0 bridgehead atoms. The predicted molar refractivity (Wildman–Crippen MR) is 62.4 cm³/mol. The first-order valence-corrected chi connectivity index (χ1v) is 5.91. The van der Waals surface area contributed by atoms with Crippen molar-refractivity contribution in [1.82, 2.24) is 0 Å². The molecule has 0 radical (unpaired) electrons. The third-order valence-corrected chi connectivity index (χ3v) is 3.12. The first-order valence-electron chi connectivity index (χ1n) is 5.91. The van der Waals surface area contributed by atoms with Crippen molar-refractivity contribution < 1.29 is 27.5 Å². The Kier molecular flexibility index (Phi) is 3.69. The molecule has 0 saturated heterocycles. The molecule has 0 aromatic heterocycles. The molecule has 1 fully saturated rings. The summed E-state index contributed by atoms with van der Waals surface area (Å²) in [5, 5.41) is 0. The van der Waals surface area contributed by atoms with Crippen LogP contribution in [0.15, 0.2) is 24.3 Å². The summed E-state index contributed by atoms with van der Waals surface area (Å²) in [7, 11) is 0. The lowest BCUT2D eigenvalue weighted by atomic mass is 10.0. The maximum atomic E-state index is 12.8. The van der Waals surface area contributed by atoms with Crippen LogP contribution >= 0.6 is 0 Å². The SMILES string of the molecule is NC(=O)COC(=O)[C@H]1C[C@@H]1c1ccccc1C(F)(F)F. The van der Waals surface area contributed by atoms with Crippen molar-refractivity contribution in [1.29, 1.82) is 0 Å². The average Bonchev–Trinajstić information content (AvgIpc) is 3.15. The van der Waals surface area contributed by atoms with E-state index in [9.17, 15) is 22.8 Å². The van der Waals surface area contributed by atoms with Crippen LogP contribution in [0.25, 0.3) is 0 Å². The molecule has 1 amide bonds. The Morgan fingerprint density at radius 2 is 1.95 bits per heavy atom. The van der Waals surface area contributed by atoms with Crippen molar-refractivity contribution in [3.8, 4) is 0 Å². The number of carbonyl (C=O) groups excluding carboxylic acids is 2. The lowest BCUT2D eigenvalue weighted by Crippen LogP contribution is -2.21. The van der Waals surface area contributed by atoms with E-state index in [1.807, 2.05) is 0 Å². The van der Waals surface area contributed by atoms with Crippen molar-refractivity contribution in [2.24, 2.45) is 11.7 Å². The van der Waals surface area contributed by atoms with Gasteiger partial charge in [-0.2, -0.15) is 13.2 Å². The summed E-state index contributed by atoms with van der Waals surface area (Å²) in [5.74, 6) is -2.65. The van der Waals surface area contributed by atoms with Gasteiger partial charge in [-0.1, -0.05) is 18.2 Å². The quantitative estimate of drug-likeness (QED) is 0.859. The number of rotatable bonds is 4. The lowest BCUT2D eigenvalue weighted by Gasteiger charge is -2.12. The maximum Gasteiger partial charge on any atom is 0.416 e. The molecule has 20 heavy (non-hydrogen) atoms. The van der Waals surface area contributed by atoms with Crippen LogP contribution in [0.1, 0.15) is 23.5 Å². The zero-order valence-corrected chi connectivity index (χ0v) is 10.3. The molecule has 0 spiro atoms. The molecule has 7 heteroatoms. The Morgan fingerprint density at radius 3 is 2.55 bits per heavy atom. The highest BCUT2D eigenvalue weighted by molar-refractivity contribution is 5.82. The van der Waals surface area contributed by atoms with Gasteiger partial charge in [0.05, 0.1) is 11.5 Å². The van der Waals surface area contributed by atoms with Gasteiger partial charge in [0.15, 0.2) is 6.61 Å². The molecule has 0 unspecified atom stereocenters. The number of benzene rings is 1. The van der Waals surface area contributed by atoms with Gasteiger partial charge in [-0.3, -0.25) is 9.59 Å². The number of halogens is 3. The largest absolute Gasteiger partial charge is 0.455 e. The van der Waals surface area contributed by atoms with Gasteiger partial charge in [0, 0.05) is 0 Å². The minimum atomic E-state index is -4.46. The Bertz CT molecular complexity index is 542. The number of amides is 1. The molecule has 0 heterocycles. The molecule has 0 aliphatic heterocycles. The van der Waals surface area contributed by atoms with Crippen molar-refractivity contribution in [3.05, 3.63) is 35.4 Å². The number of ether oxygens (including phenoxy) is 1. The monoisotopic (exact) mass is 287 g/mol. The second-order valence-electron chi connectivity index (χ2n) is 4.61. The van der Waals surface area contributed by atoms with Gasteiger partial charge in [0.25, 0.3) is 5.91 Å². The molecule has 4 nitrogen and oxygen atoms in total. The van der Waals surface area contributed by atoms with Crippen molar-refractivity contribution >= 4 is 11.9 Å². The fourth-order valence-corrected chi connectivity index (χ4v) is 2.13. The van der Waals surface area contributed by atoms with E-state index in [1.165, 1.54) is 18.2 Å². The van der Waals surface area contributed by atoms with Crippen LogP contribution in [-0.4, -0.2) is 18.5 Å². The van der Waals surface area contributed by atoms with Gasteiger partial charge in [-0.25, -0.2) is 0 Å². The van der Waals surface area contributed by atoms with E-state index in [2.05, 4.69) is 4.74 Å². The standard InChI is InChI=1S/C13H12F3NO3/c14-13(15,16)10-4-2-1-3-7(10)8-5-9(8)12(19)20-6-11(17)18/h1-4,8-9H,5-6H2,(H2,17,18)/t8-,9+/m1/s1. The zero-order valence-electron chi connectivity index (χ0n) is 10.3. The predicted octanol–water partition coefficient (Wildman–Crippen LogP) is 1.84. The van der Waals surface area contributed by atoms with Crippen molar-refractivity contribution in [2.75, 3.05) is 6.61 Å². The first-order chi connectivity index (χ1) is 9.30. The minimum Gasteiger partial charge on any atom is -0.455 e. The van der Waals surface area contributed by atoms with Crippen LogP contribution in [0.2, 0.25) is 0 Å². The van der Waals surface area contributed by atoms with Crippen molar-refractivity contribution in [3.63, 3.8) is 0 Å². The van der Waals surface area contributed by atoms with E-state index in [4.69, 9.17) is 5.73 Å². The van der Waals surface area contributed by atoms with Crippen LogP contribution < -0.4 is 5.73 Å². The molecule has 1 aliphatic carbocycles. The number of alkyl halides is 3. The van der Waals surface area contributed by atoms with Crippen molar-refractivity contribution in [2.45, 2.75) is 18.5 Å². The average molecular weight is 287 g/mol. The Morgan fingerprint density at radius 1 is 1.30 bits per heavy atom. The molecule has 108 valence electrons. The van der Waals surface area contributed by atoms with E-state index >= 15 is 0 Å². The Hall–Kier alpha value is -2.05. The number of nitrogens with two attached hydrogens (primary N) is 1. The maximum absolute atomic E-state index is 12.8. The van der Waals surface area contributed by atoms with Crippen LogP contribution in [0.3, 0.4) is 0 Å². The summed E-state index contributed by atoms with van der Waals surface area (Å²) in [4.78, 5) is 22.0. The molecule has 1 aromatic rings. The van der Waals surface area contributed by atoms with Gasteiger partial charge in [0.2, 0.25) is 0 Å². The van der Waals surface area contributed by atoms with E-state index in [1.54, 1.807) is 0 Å². The van der Waals surface area contributed by atoms with Gasteiger partial charge in [-0.05, 0) is 24.0 Å². The lowest BCUT2D eigenvalue weighted by molar-refractivity contribution is -0.149. The topological polar surface area (TPSA) is 69.4 Å². The third-order valence-electron chi connectivity index (χ3n) is 3.12. The summed E-state index contributed by atoms with van der Waals surface area (Å²) in [5.41, 5.74) is 4.17. The number of hydrogen-bond acceptors (Lipinski definition) is 3. The molecule has 1 saturated carbocycles. The van der Waals surface area contributed by atoms with Gasteiger partial charge >= 0.3 is 12.1 Å². The van der Waals surface area contributed by atoms with Crippen LogP contribution in [0.4, 0.5) is 13.2 Å². The molecule has 1 aromatic carbocycles. The summed E-state index contributed by atoms with van der Waals surface area (Å²) in [6.07, 6.45) is -4.18. The van der Waals surface area contributed by atoms with E-state index < -0.39 is 42.1 Å². The van der Waals surface area contributed by atoms with Gasteiger partial charge < -0.3 is 10.5 Å². The first kappa shape index (κ1) is 14.4. The summed E-state index contributed by atoms with van der Waals surface area (Å²) in [6.45, 7) is -0.553. The fourth-order valence-electron chi connectivity index (χ4n) is 2.13. The number of hydrogen-bond donors (Lipinski definition) is 1. The Labute approximate surface area is 112 Å². The number of carbonyl (C=O) groups is 2. The van der Waals surface area contributed by atoms with E-state index in [0.717, 1.165) is 6.07 Å². The summed E-state index contributed by atoms with van der Waals surface area (Å²) >= 11 is 0. The third kappa shape index (κ3) is 3.09. The van der Waals surface area contributed by atoms with E-state index in [-0.39, 0.29) is 12.0 Å². The smallest absolute Gasteiger partial charge is 0.416 e. The molecule has 2 atom stereocenters. The Balaban J connectivity index is 2.09. The van der Waals surface area contributed by atoms with Crippen LogP contribution in [0.5, 0.6) is 0 Å². The highest BCUT2D eigenvalue weighted by Gasteiger charge is 2.48. The fraction of sp³-hybridized carbons (Fsp3) is 0.385. The highest BCUT2D eigenvalue weighted by atomic mass is 19.4. The normalized spacial score (nSPS) is 21.4. The summed E-state index contributed by atoms with van der Waals surface area (Å²) in [6, 6.07) is 5.14. The molecule has 1 aliphatic rings. The van der Waals surface area contributed by atoms with Crippen LogP contribution in [0, 0.1) is 5.92 Å². The summed E-state index contributed by atoms with van der Waals surface area (Å²) < 4.78 is 43.1. The second kappa shape index (κ2) is 5.15. The minimum absolute atomic E-state index is 0.0843. The number of esters is 1. The second-order valence-corrected chi connectivity index (χ2v) is 4.61. The zero-order chi connectivity index (χ0) is 14.9. The highest BCUT2D eigenvalue weighted by Crippen LogP contribution is 2.51.